The molecule has 188 valence electrons. The monoisotopic (exact) mass is 495 g/mol. The van der Waals surface area contributed by atoms with Crippen LogP contribution in [0.15, 0.2) is 53.4 Å². The smallest absolute Gasteiger partial charge is 0.268 e. The van der Waals surface area contributed by atoms with Gasteiger partial charge in [-0.15, -0.1) is 0 Å². The first kappa shape index (κ1) is 24.3. The molecule has 0 amide bonds. The Morgan fingerprint density at radius 3 is 2.29 bits per heavy atom. The predicted molar refractivity (Wildman–Crippen MR) is 141 cm³/mol. The van der Waals surface area contributed by atoms with E-state index < -0.39 is 10.0 Å². The molecule has 35 heavy (non-hydrogen) atoms. The summed E-state index contributed by atoms with van der Waals surface area (Å²) in [5.74, 6) is 1.18. The number of fused-ring (bicyclic) bond motifs is 1. The summed E-state index contributed by atoms with van der Waals surface area (Å²) in [4.78, 5) is 4.98. The number of benzene rings is 2. The molecule has 1 aliphatic carbocycles. The number of aromatic nitrogens is 1. The third-order valence-corrected chi connectivity index (χ3v) is 9.25. The van der Waals surface area contributed by atoms with E-state index in [1.165, 1.54) is 12.8 Å². The number of ether oxygens (including phenoxy) is 1. The van der Waals surface area contributed by atoms with Gasteiger partial charge >= 0.3 is 0 Å². The first-order valence-corrected chi connectivity index (χ1v) is 14.3. The van der Waals surface area contributed by atoms with Crippen LogP contribution in [-0.2, 0) is 16.6 Å². The van der Waals surface area contributed by atoms with Crippen molar-refractivity contribution in [3.63, 3.8) is 0 Å². The molecule has 2 heterocycles. The lowest BCUT2D eigenvalue weighted by Gasteiger charge is -2.32. The fourth-order valence-corrected chi connectivity index (χ4v) is 6.79. The third kappa shape index (κ3) is 5.13. The molecule has 0 bridgehead atoms. The van der Waals surface area contributed by atoms with Crippen LogP contribution in [0.25, 0.3) is 10.9 Å². The van der Waals surface area contributed by atoms with E-state index in [2.05, 4.69) is 30.7 Å². The summed E-state index contributed by atoms with van der Waals surface area (Å²) in [5, 5.41) is 0.909. The Morgan fingerprint density at radius 1 is 0.943 bits per heavy atom. The Morgan fingerprint density at radius 2 is 1.63 bits per heavy atom. The second-order valence-corrected chi connectivity index (χ2v) is 12.2. The lowest BCUT2D eigenvalue weighted by Crippen LogP contribution is -2.44. The van der Waals surface area contributed by atoms with Gasteiger partial charge in [-0.05, 0) is 80.6 Å². The second-order valence-electron chi connectivity index (χ2n) is 10.5. The number of hydrogen-bond donors (Lipinski definition) is 0. The molecule has 0 radical (unpaired) electrons. The van der Waals surface area contributed by atoms with Crippen molar-refractivity contribution in [1.82, 2.24) is 13.8 Å². The van der Waals surface area contributed by atoms with Crippen LogP contribution in [0.1, 0.15) is 56.7 Å². The van der Waals surface area contributed by atoms with Gasteiger partial charge in [0.1, 0.15) is 5.75 Å². The Kier molecular flexibility index (Phi) is 6.93. The molecular weight excluding hydrogens is 458 g/mol. The summed E-state index contributed by atoms with van der Waals surface area (Å²) in [6.07, 6.45) is 4.88. The molecule has 5 rings (SSSR count). The van der Waals surface area contributed by atoms with Gasteiger partial charge in [-0.3, -0.25) is 4.90 Å². The van der Waals surface area contributed by atoms with Crippen molar-refractivity contribution in [2.45, 2.75) is 63.0 Å². The molecule has 6 nitrogen and oxygen atoms in total. The average Bonchev–Trinajstić information content (AvgIpc) is 3.48. The lowest BCUT2D eigenvalue weighted by atomic mass is 10.0. The lowest BCUT2D eigenvalue weighted by molar-refractivity contribution is 0.147. The van der Waals surface area contributed by atoms with Gasteiger partial charge in [0.2, 0.25) is 0 Å². The van der Waals surface area contributed by atoms with E-state index in [0.29, 0.717) is 22.9 Å². The maximum atomic E-state index is 14.0. The molecule has 2 aromatic carbocycles. The van der Waals surface area contributed by atoms with Gasteiger partial charge < -0.3 is 9.64 Å². The summed E-state index contributed by atoms with van der Waals surface area (Å²) >= 11 is 0. The second kappa shape index (κ2) is 9.96. The van der Waals surface area contributed by atoms with Gasteiger partial charge in [-0.1, -0.05) is 26.0 Å². The molecule has 7 heteroatoms. The minimum Gasteiger partial charge on any atom is -0.490 e. The maximum Gasteiger partial charge on any atom is 0.268 e. The van der Waals surface area contributed by atoms with Gasteiger partial charge in [0.25, 0.3) is 10.0 Å². The summed E-state index contributed by atoms with van der Waals surface area (Å²) in [7, 11) is -1.62. The van der Waals surface area contributed by atoms with Crippen molar-refractivity contribution >= 4 is 20.9 Å². The molecular formula is C28H37N3O3S. The largest absolute Gasteiger partial charge is 0.490 e. The third-order valence-electron chi connectivity index (χ3n) is 7.47. The number of rotatable bonds is 7. The van der Waals surface area contributed by atoms with Crippen LogP contribution in [0.4, 0.5) is 0 Å². The fourth-order valence-electron chi connectivity index (χ4n) is 5.26. The molecule has 3 aromatic rings. The average molecular weight is 496 g/mol. The molecule has 1 saturated carbocycles. The van der Waals surface area contributed by atoms with Crippen LogP contribution in [0.5, 0.6) is 5.75 Å². The zero-order chi connectivity index (χ0) is 24.6. The standard InChI is InChI=1S/C28H37N3O3S/c1-21(2)22-8-11-27(12-9-22)35(32,33)31-24(20-30-16-14-29(3)15-17-30)18-23-19-26(10-13-28(23)31)34-25-6-4-5-7-25/h8-13,18-19,21,25H,4-7,14-17,20H2,1-3H3. The molecule has 0 unspecified atom stereocenters. The zero-order valence-corrected chi connectivity index (χ0v) is 21.9. The Labute approximate surface area is 209 Å². The molecule has 1 aromatic heterocycles. The summed E-state index contributed by atoms with van der Waals surface area (Å²) in [6.45, 7) is 8.66. The van der Waals surface area contributed by atoms with Crippen LogP contribution in [0, 0.1) is 0 Å². The SMILES string of the molecule is CC(C)c1ccc(S(=O)(=O)n2c(CN3CCN(C)CC3)cc3cc(OC4CCCC4)ccc32)cc1. The van der Waals surface area contributed by atoms with Crippen molar-refractivity contribution in [1.29, 1.82) is 0 Å². The van der Waals surface area contributed by atoms with E-state index in [0.717, 1.165) is 61.4 Å². The van der Waals surface area contributed by atoms with E-state index in [1.807, 2.05) is 36.4 Å². The molecule has 0 spiro atoms. The number of piperazine rings is 1. The minimum atomic E-state index is -3.75. The highest BCUT2D eigenvalue weighted by Gasteiger charge is 2.26. The minimum absolute atomic E-state index is 0.266. The Balaban J connectivity index is 1.54. The highest BCUT2D eigenvalue weighted by molar-refractivity contribution is 7.90. The first-order chi connectivity index (χ1) is 16.8. The van der Waals surface area contributed by atoms with Gasteiger partial charge in [-0.2, -0.15) is 0 Å². The Hall–Kier alpha value is -2.35. The maximum absolute atomic E-state index is 14.0. The summed E-state index contributed by atoms with van der Waals surface area (Å²) in [6, 6.07) is 15.2. The molecule has 1 saturated heterocycles. The van der Waals surface area contributed by atoms with E-state index in [4.69, 9.17) is 4.74 Å². The Bertz CT molecular complexity index is 1270. The predicted octanol–water partition coefficient (Wildman–Crippen LogP) is 5.07. The molecule has 0 atom stereocenters. The van der Waals surface area contributed by atoms with E-state index in [1.54, 1.807) is 16.1 Å². The van der Waals surface area contributed by atoms with Crippen molar-refractivity contribution in [2.75, 3.05) is 33.2 Å². The number of hydrogen-bond acceptors (Lipinski definition) is 5. The first-order valence-electron chi connectivity index (χ1n) is 12.9. The zero-order valence-electron chi connectivity index (χ0n) is 21.1. The van der Waals surface area contributed by atoms with Crippen LogP contribution in [0.3, 0.4) is 0 Å². The van der Waals surface area contributed by atoms with E-state index >= 15 is 0 Å². The van der Waals surface area contributed by atoms with Crippen LogP contribution in [-0.4, -0.2) is 61.5 Å². The van der Waals surface area contributed by atoms with Crippen LogP contribution >= 0.6 is 0 Å². The number of nitrogens with zero attached hydrogens (tertiary/aromatic N) is 3. The molecule has 1 aliphatic heterocycles. The van der Waals surface area contributed by atoms with Crippen LogP contribution < -0.4 is 4.74 Å². The quantitative estimate of drug-likeness (QED) is 0.458. The van der Waals surface area contributed by atoms with Gasteiger partial charge in [-0.25, -0.2) is 12.4 Å². The summed E-state index contributed by atoms with van der Waals surface area (Å²) in [5.41, 5.74) is 2.64. The van der Waals surface area contributed by atoms with Crippen LogP contribution in [0.2, 0.25) is 0 Å². The van der Waals surface area contributed by atoms with Gasteiger partial charge in [0.05, 0.1) is 16.5 Å². The summed E-state index contributed by atoms with van der Waals surface area (Å²) < 4.78 is 35.7. The highest BCUT2D eigenvalue weighted by Crippen LogP contribution is 2.32. The fraction of sp³-hybridized carbons (Fsp3) is 0.500. The van der Waals surface area contributed by atoms with Crippen molar-refractivity contribution in [3.05, 3.63) is 59.8 Å². The number of likely N-dealkylation sites (N-methyl/N-ethyl adjacent to an activating group) is 1. The highest BCUT2D eigenvalue weighted by atomic mass is 32.2. The normalized spacial score (nSPS) is 18.6. The van der Waals surface area contributed by atoms with Gasteiger partial charge in [0, 0.05) is 43.8 Å². The topological polar surface area (TPSA) is 54.8 Å². The van der Waals surface area contributed by atoms with Crippen molar-refractivity contribution < 1.29 is 13.2 Å². The van der Waals surface area contributed by atoms with E-state index in [-0.39, 0.29) is 6.10 Å². The molecule has 2 aliphatic rings. The van der Waals surface area contributed by atoms with Crippen molar-refractivity contribution in [3.8, 4) is 5.75 Å². The molecule has 2 fully saturated rings. The van der Waals surface area contributed by atoms with E-state index in [9.17, 15) is 8.42 Å². The van der Waals surface area contributed by atoms with Gasteiger partial charge in [0.15, 0.2) is 0 Å². The molecule has 0 N–H and O–H groups in total. The van der Waals surface area contributed by atoms with Crippen molar-refractivity contribution in [2.24, 2.45) is 0 Å².